The van der Waals surface area contributed by atoms with Crippen molar-refractivity contribution in [2.75, 3.05) is 70.1 Å². The van der Waals surface area contributed by atoms with E-state index in [9.17, 15) is 9.59 Å². The molecule has 12 heteroatoms. The smallest absolute Gasteiger partial charge is 0.338 e. The lowest BCUT2D eigenvalue weighted by molar-refractivity contribution is 0.0361. The molecule has 2 atom stereocenters. The van der Waals surface area contributed by atoms with Crippen molar-refractivity contribution in [3.05, 3.63) is 95.1 Å². The summed E-state index contributed by atoms with van der Waals surface area (Å²) in [6.45, 7) is 0.258. The predicted molar refractivity (Wildman–Crippen MR) is 202 cm³/mol. The summed E-state index contributed by atoms with van der Waals surface area (Å²) in [6, 6.07) is 22.0. The van der Waals surface area contributed by atoms with Crippen LogP contribution in [0.4, 0.5) is 0 Å². The minimum atomic E-state index is -0.538. The Bertz CT molecular complexity index is 1790. The lowest BCUT2D eigenvalue weighted by Gasteiger charge is -2.28. The van der Waals surface area contributed by atoms with Gasteiger partial charge in [-0.25, -0.2) is 9.59 Å². The van der Waals surface area contributed by atoms with E-state index in [4.69, 9.17) is 47.4 Å². The summed E-state index contributed by atoms with van der Waals surface area (Å²) in [4.78, 5) is 26.8. The van der Waals surface area contributed by atoms with Gasteiger partial charge in [0, 0.05) is 5.92 Å². The molecule has 0 saturated carbocycles. The molecule has 290 valence electrons. The van der Waals surface area contributed by atoms with E-state index in [-0.39, 0.29) is 36.2 Å². The number of methoxy groups -OCH3 is 8. The maximum Gasteiger partial charge on any atom is 0.338 e. The highest BCUT2D eigenvalue weighted by Gasteiger charge is 2.27. The molecule has 0 N–H and O–H groups in total. The largest absolute Gasteiger partial charge is 0.497 e. The van der Waals surface area contributed by atoms with Gasteiger partial charge in [-0.15, -0.1) is 0 Å². The highest BCUT2D eigenvalue weighted by atomic mass is 16.5. The number of rotatable bonds is 21. The normalized spacial score (nSPS) is 11.8. The van der Waals surface area contributed by atoms with Crippen LogP contribution in [0, 0.1) is 11.8 Å². The molecule has 0 radical (unpaired) electrons. The first-order valence-electron chi connectivity index (χ1n) is 17.4. The standard InChI is InChI=1S/C42H50O12/c1-45-33-15-9-12-27(20-33)18-29(14-11-17-53-41(43)30-22-35(47-3)39(51-7)36(23-30)48-4)32(19-28-13-10-16-34(21-28)46-2)26-54-42(44)31-24-37(49-5)40(52-8)38(25-31)50-6/h9-10,12-13,15-16,20-25,29,32H,11,14,17-19,26H2,1-8H3/t29-,32+/m0/s1. The van der Waals surface area contributed by atoms with Crippen molar-refractivity contribution < 1.29 is 57.0 Å². The summed E-state index contributed by atoms with van der Waals surface area (Å²) in [7, 11) is 12.2. The topological polar surface area (TPSA) is 126 Å². The van der Waals surface area contributed by atoms with Gasteiger partial charge in [0.15, 0.2) is 23.0 Å². The SMILES string of the molecule is COc1cccc(C[C@H](CCCOC(=O)c2cc(OC)c(OC)c(OC)c2)[C@@H](COC(=O)c2cc(OC)c(OC)c(OC)c2)Cc2cccc(OC)c2)c1. The second-order valence-corrected chi connectivity index (χ2v) is 12.3. The Morgan fingerprint density at radius 2 is 0.926 bits per heavy atom. The fraction of sp³-hybridized carbons (Fsp3) is 0.381. The number of esters is 2. The zero-order valence-corrected chi connectivity index (χ0v) is 32.2. The molecule has 4 aromatic carbocycles. The molecule has 0 fully saturated rings. The molecule has 0 heterocycles. The number of hydrogen-bond acceptors (Lipinski definition) is 12. The van der Waals surface area contributed by atoms with Gasteiger partial charge in [-0.2, -0.15) is 0 Å². The Morgan fingerprint density at radius 3 is 1.33 bits per heavy atom. The van der Waals surface area contributed by atoms with Crippen LogP contribution in [0.25, 0.3) is 0 Å². The first-order valence-corrected chi connectivity index (χ1v) is 17.4. The predicted octanol–water partition coefficient (Wildman–Crippen LogP) is 7.27. The van der Waals surface area contributed by atoms with Crippen LogP contribution in [0.3, 0.4) is 0 Å². The molecule has 0 aliphatic rings. The highest BCUT2D eigenvalue weighted by Crippen LogP contribution is 2.40. The van der Waals surface area contributed by atoms with Crippen molar-refractivity contribution in [2.45, 2.75) is 25.7 Å². The van der Waals surface area contributed by atoms with E-state index in [2.05, 4.69) is 0 Å². The molecule has 0 aliphatic carbocycles. The number of benzene rings is 4. The van der Waals surface area contributed by atoms with E-state index in [1.54, 1.807) is 38.5 Å². The number of hydrogen-bond donors (Lipinski definition) is 0. The van der Waals surface area contributed by atoms with Gasteiger partial charge < -0.3 is 47.4 Å². The number of carbonyl (C=O) groups excluding carboxylic acids is 2. The van der Waals surface area contributed by atoms with E-state index in [0.717, 1.165) is 22.6 Å². The first kappa shape index (κ1) is 41.0. The van der Waals surface area contributed by atoms with E-state index in [0.29, 0.717) is 60.2 Å². The van der Waals surface area contributed by atoms with Gasteiger partial charge in [-0.3, -0.25) is 0 Å². The third-order valence-corrected chi connectivity index (χ3v) is 9.11. The van der Waals surface area contributed by atoms with Crippen molar-refractivity contribution in [2.24, 2.45) is 11.8 Å². The zero-order valence-electron chi connectivity index (χ0n) is 32.2. The third-order valence-electron chi connectivity index (χ3n) is 9.11. The van der Waals surface area contributed by atoms with Crippen LogP contribution in [-0.4, -0.2) is 82.0 Å². The first-order chi connectivity index (χ1) is 26.2. The van der Waals surface area contributed by atoms with Crippen molar-refractivity contribution in [1.82, 2.24) is 0 Å². The molecule has 0 aliphatic heterocycles. The van der Waals surface area contributed by atoms with Crippen molar-refractivity contribution >= 4 is 11.9 Å². The Labute approximate surface area is 317 Å². The molecule has 12 nitrogen and oxygen atoms in total. The molecule has 4 rings (SSSR count). The van der Waals surface area contributed by atoms with Gasteiger partial charge in [0.1, 0.15) is 11.5 Å². The molecule has 0 aromatic heterocycles. The quantitative estimate of drug-likeness (QED) is 0.0629. The van der Waals surface area contributed by atoms with E-state index in [1.165, 1.54) is 42.7 Å². The minimum Gasteiger partial charge on any atom is -0.497 e. The van der Waals surface area contributed by atoms with Gasteiger partial charge in [-0.1, -0.05) is 24.3 Å². The molecule has 4 aromatic rings. The molecule has 0 saturated heterocycles. The van der Waals surface area contributed by atoms with Crippen molar-refractivity contribution in [3.8, 4) is 46.0 Å². The molecule has 54 heavy (non-hydrogen) atoms. The van der Waals surface area contributed by atoms with Crippen LogP contribution in [0.15, 0.2) is 72.8 Å². The summed E-state index contributed by atoms with van der Waals surface area (Å²) in [6.07, 6.45) is 2.42. The average molecular weight is 747 g/mol. The second kappa shape index (κ2) is 20.5. The van der Waals surface area contributed by atoms with Crippen molar-refractivity contribution in [3.63, 3.8) is 0 Å². The van der Waals surface area contributed by atoms with Gasteiger partial charge in [0.05, 0.1) is 81.2 Å². The second-order valence-electron chi connectivity index (χ2n) is 12.3. The summed E-state index contributed by atoms with van der Waals surface area (Å²) in [5, 5.41) is 0. The Balaban J connectivity index is 1.60. The van der Waals surface area contributed by atoms with Gasteiger partial charge in [-0.05, 0) is 91.3 Å². The summed E-state index contributed by atoms with van der Waals surface area (Å²) in [5.74, 6) is 2.37. The van der Waals surface area contributed by atoms with Crippen LogP contribution >= 0.6 is 0 Å². The molecular formula is C42H50O12. The summed E-state index contributed by atoms with van der Waals surface area (Å²) < 4.78 is 55.4. The monoisotopic (exact) mass is 746 g/mol. The van der Waals surface area contributed by atoms with Crippen LogP contribution in [-0.2, 0) is 22.3 Å². The minimum absolute atomic E-state index is 0.0177. The molecular weight excluding hydrogens is 696 g/mol. The van der Waals surface area contributed by atoms with E-state index >= 15 is 0 Å². The third kappa shape index (κ3) is 10.6. The maximum absolute atomic E-state index is 13.6. The van der Waals surface area contributed by atoms with Crippen LogP contribution in [0.5, 0.6) is 46.0 Å². The maximum atomic E-state index is 13.6. The Kier molecular flexibility index (Phi) is 15.5. The molecule has 0 amide bonds. The molecule has 0 spiro atoms. The average Bonchev–Trinajstić information content (AvgIpc) is 3.21. The lowest BCUT2D eigenvalue weighted by Crippen LogP contribution is -2.27. The fourth-order valence-electron chi connectivity index (χ4n) is 6.33. The number of carbonyl (C=O) groups is 2. The van der Waals surface area contributed by atoms with E-state index in [1.807, 2.05) is 48.5 Å². The fourth-order valence-corrected chi connectivity index (χ4v) is 6.33. The highest BCUT2D eigenvalue weighted by molar-refractivity contribution is 5.91. The van der Waals surface area contributed by atoms with Gasteiger partial charge in [0.25, 0.3) is 0 Å². The van der Waals surface area contributed by atoms with Crippen LogP contribution in [0.1, 0.15) is 44.7 Å². The summed E-state index contributed by atoms with van der Waals surface area (Å²) >= 11 is 0. The molecule has 0 unspecified atom stereocenters. The van der Waals surface area contributed by atoms with E-state index < -0.39 is 11.9 Å². The van der Waals surface area contributed by atoms with Gasteiger partial charge >= 0.3 is 11.9 Å². The summed E-state index contributed by atoms with van der Waals surface area (Å²) in [5.41, 5.74) is 2.60. The molecule has 0 bridgehead atoms. The van der Waals surface area contributed by atoms with Crippen LogP contribution < -0.4 is 37.9 Å². The van der Waals surface area contributed by atoms with Gasteiger partial charge in [0.2, 0.25) is 11.5 Å². The Hall–Kier alpha value is -5.78. The lowest BCUT2D eigenvalue weighted by atomic mass is 9.80. The van der Waals surface area contributed by atoms with Crippen molar-refractivity contribution in [1.29, 1.82) is 0 Å². The zero-order chi connectivity index (χ0) is 39.0. The number of ether oxygens (including phenoxy) is 10. The van der Waals surface area contributed by atoms with Crippen LogP contribution in [0.2, 0.25) is 0 Å². The Morgan fingerprint density at radius 1 is 0.500 bits per heavy atom.